The molecular weight excluding hydrogens is 420 g/mol. The van der Waals surface area contributed by atoms with Gasteiger partial charge in [0.25, 0.3) is 5.69 Å². The molecule has 2 aromatic heterocycles. The molecule has 0 saturated heterocycles. The molecule has 10 heteroatoms. The number of nitrogens with zero attached hydrogens (tertiary/aromatic N) is 3. The number of anilines is 1. The number of hydrogen-bond donors (Lipinski definition) is 1. The van der Waals surface area contributed by atoms with Gasteiger partial charge in [-0.1, -0.05) is 23.4 Å². The molecule has 0 saturated carbocycles. The molecule has 0 radical (unpaired) electrons. The first-order chi connectivity index (χ1) is 13.2. The van der Waals surface area contributed by atoms with Crippen LogP contribution >= 0.6 is 34.7 Å². The molecule has 0 aliphatic heterocycles. The highest BCUT2D eigenvalue weighted by Crippen LogP contribution is 2.37. The highest BCUT2D eigenvalue weighted by molar-refractivity contribution is 8.00. The normalized spacial score (nSPS) is 12.2. The number of aromatic nitrogens is 2. The van der Waals surface area contributed by atoms with Gasteiger partial charge in [-0.25, -0.2) is 9.97 Å². The molecule has 28 heavy (non-hydrogen) atoms. The number of carbonyl (C=O) groups excluding carboxylic acids is 1. The van der Waals surface area contributed by atoms with Gasteiger partial charge in [0.15, 0.2) is 0 Å². The van der Waals surface area contributed by atoms with Crippen molar-refractivity contribution in [2.45, 2.75) is 38.0 Å². The molecule has 146 valence electrons. The smallest absolute Gasteiger partial charge is 0.271 e. The van der Waals surface area contributed by atoms with Crippen LogP contribution in [0.5, 0.6) is 0 Å². The summed E-state index contributed by atoms with van der Waals surface area (Å²) in [6.45, 7) is 7.67. The number of nitrogens with one attached hydrogen (secondary N) is 1. The topological polar surface area (TPSA) is 98.0 Å². The molecule has 1 aromatic carbocycles. The summed E-state index contributed by atoms with van der Waals surface area (Å²) >= 11 is 9.02. The van der Waals surface area contributed by atoms with Gasteiger partial charge in [-0.2, -0.15) is 0 Å². The summed E-state index contributed by atoms with van der Waals surface area (Å²) in [4.78, 5) is 34.0. The number of nitro groups is 1. The van der Waals surface area contributed by atoms with Crippen molar-refractivity contribution in [2.24, 2.45) is 0 Å². The van der Waals surface area contributed by atoms with Gasteiger partial charge in [-0.05, 0) is 39.3 Å². The van der Waals surface area contributed by atoms with Crippen molar-refractivity contribution in [1.82, 2.24) is 9.97 Å². The van der Waals surface area contributed by atoms with Crippen molar-refractivity contribution in [3.05, 3.63) is 49.6 Å². The molecule has 2 heterocycles. The minimum atomic E-state index is -0.538. The third-order valence-electron chi connectivity index (χ3n) is 4.19. The Bertz CT molecular complexity index is 1100. The number of hydrogen-bond acceptors (Lipinski definition) is 7. The van der Waals surface area contributed by atoms with Crippen molar-refractivity contribution in [3.8, 4) is 0 Å². The Morgan fingerprint density at radius 1 is 1.32 bits per heavy atom. The number of benzene rings is 1. The number of nitro benzene ring substituents is 1. The maximum Gasteiger partial charge on any atom is 0.271 e. The number of fused-ring (bicyclic) bond motifs is 1. The summed E-state index contributed by atoms with van der Waals surface area (Å²) in [6.07, 6.45) is 0. The van der Waals surface area contributed by atoms with Crippen molar-refractivity contribution < 1.29 is 9.72 Å². The van der Waals surface area contributed by atoms with Gasteiger partial charge in [-0.3, -0.25) is 14.9 Å². The zero-order chi connectivity index (χ0) is 20.6. The molecule has 1 atom stereocenters. The van der Waals surface area contributed by atoms with Crippen LogP contribution in [0.3, 0.4) is 0 Å². The first kappa shape index (κ1) is 20.5. The Hall–Kier alpha value is -2.23. The van der Waals surface area contributed by atoms with Crippen LogP contribution in [-0.2, 0) is 4.79 Å². The minimum Gasteiger partial charge on any atom is -0.324 e. The largest absolute Gasteiger partial charge is 0.324 e. The molecule has 3 rings (SSSR count). The van der Waals surface area contributed by atoms with Crippen molar-refractivity contribution >= 4 is 62.2 Å². The molecule has 3 aromatic rings. The van der Waals surface area contributed by atoms with Gasteiger partial charge < -0.3 is 5.32 Å². The van der Waals surface area contributed by atoms with Crippen LogP contribution < -0.4 is 5.32 Å². The fourth-order valence-corrected chi connectivity index (χ4v) is 4.99. The predicted molar refractivity (Wildman–Crippen MR) is 114 cm³/mol. The van der Waals surface area contributed by atoms with E-state index in [1.54, 1.807) is 18.3 Å². The van der Waals surface area contributed by atoms with Gasteiger partial charge in [0.1, 0.15) is 15.7 Å². The van der Waals surface area contributed by atoms with E-state index in [9.17, 15) is 14.9 Å². The molecule has 1 unspecified atom stereocenters. The Morgan fingerprint density at radius 3 is 2.68 bits per heavy atom. The first-order valence-corrected chi connectivity index (χ1v) is 10.4. The van der Waals surface area contributed by atoms with E-state index in [1.807, 2.05) is 20.8 Å². The van der Waals surface area contributed by atoms with Gasteiger partial charge >= 0.3 is 0 Å². The van der Waals surface area contributed by atoms with Gasteiger partial charge in [0, 0.05) is 22.4 Å². The summed E-state index contributed by atoms with van der Waals surface area (Å²) in [5, 5.41) is 14.9. The second-order valence-corrected chi connectivity index (χ2v) is 9.15. The zero-order valence-electron chi connectivity index (χ0n) is 15.6. The number of non-ortho nitro benzene ring substituents is 1. The fraction of sp³-hybridized carbons (Fsp3) is 0.278. The molecule has 0 fully saturated rings. The lowest BCUT2D eigenvalue weighted by Gasteiger charge is -2.13. The van der Waals surface area contributed by atoms with Crippen LogP contribution in [0.1, 0.15) is 23.2 Å². The Labute approximate surface area is 174 Å². The summed E-state index contributed by atoms with van der Waals surface area (Å²) < 4.78 is 0. The third-order valence-corrected chi connectivity index (χ3v) is 6.69. The summed E-state index contributed by atoms with van der Waals surface area (Å²) in [5.74, 6) is 0.386. The van der Waals surface area contributed by atoms with Crippen molar-refractivity contribution in [1.29, 1.82) is 0 Å². The Kier molecular flexibility index (Phi) is 5.87. The van der Waals surface area contributed by atoms with Crippen LogP contribution in [0.4, 0.5) is 11.4 Å². The number of thioether (sulfide) groups is 1. The number of carbonyl (C=O) groups is 1. The Morgan fingerprint density at radius 2 is 2.04 bits per heavy atom. The number of aryl methyl sites for hydroxylation is 3. The molecular formula is C18H17ClN4O3S2. The quantitative estimate of drug-likeness (QED) is 0.252. The average molecular weight is 437 g/mol. The molecule has 0 aliphatic rings. The van der Waals surface area contributed by atoms with Gasteiger partial charge in [-0.15, -0.1) is 11.3 Å². The van der Waals surface area contributed by atoms with Crippen LogP contribution in [0, 0.1) is 30.9 Å². The highest BCUT2D eigenvalue weighted by atomic mass is 35.5. The maximum atomic E-state index is 12.6. The molecule has 1 amide bonds. The van der Waals surface area contributed by atoms with Crippen LogP contribution in [0.2, 0.25) is 5.02 Å². The van der Waals surface area contributed by atoms with E-state index in [4.69, 9.17) is 11.6 Å². The minimum absolute atomic E-state index is 0.115. The fourth-order valence-electron chi connectivity index (χ4n) is 2.57. The summed E-state index contributed by atoms with van der Waals surface area (Å²) in [6, 6.07) is 3.94. The van der Waals surface area contributed by atoms with E-state index in [-0.39, 0.29) is 16.6 Å². The second-order valence-electron chi connectivity index (χ2n) is 6.21. The lowest BCUT2D eigenvalue weighted by Crippen LogP contribution is -2.22. The van der Waals surface area contributed by atoms with E-state index in [0.717, 1.165) is 20.8 Å². The van der Waals surface area contributed by atoms with Gasteiger partial charge in [0.2, 0.25) is 5.91 Å². The van der Waals surface area contributed by atoms with Crippen LogP contribution in [0.15, 0.2) is 23.2 Å². The lowest BCUT2D eigenvalue weighted by molar-refractivity contribution is -0.384. The lowest BCUT2D eigenvalue weighted by atomic mass is 10.2. The number of rotatable bonds is 5. The predicted octanol–water partition coefficient (Wildman–Crippen LogP) is 5.30. The molecule has 0 aliphatic carbocycles. The molecule has 0 bridgehead atoms. The Balaban J connectivity index is 1.82. The van der Waals surface area contributed by atoms with E-state index in [0.29, 0.717) is 11.5 Å². The maximum absolute atomic E-state index is 12.6. The third kappa shape index (κ3) is 4.11. The SMILES string of the molecule is Cc1nc(SC(C)C(=O)Nc2ccc([N+](=O)[O-])cc2Cl)c2c(C)c(C)sc2n1. The summed E-state index contributed by atoms with van der Waals surface area (Å²) in [7, 11) is 0. The van der Waals surface area contributed by atoms with E-state index >= 15 is 0 Å². The summed E-state index contributed by atoms with van der Waals surface area (Å²) in [5.41, 5.74) is 1.32. The monoisotopic (exact) mass is 436 g/mol. The van der Waals surface area contributed by atoms with Crippen molar-refractivity contribution in [2.75, 3.05) is 5.32 Å². The molecule has 1 N–H and O–H groups in total. The highest BCUT2D eigenvalue weighted by Gasteiger charge is 2.21. The first-order valence-electron chi connectivity index (χ1n) is 8.33. The standard InChI is InChI=1S/C18H17ClN4O3S2/c1-8-9(2)27-17-15(8)18(21-11(4)20-17)28-10(3)16(24)22-14-6-5-12(23(25)26)7-13(14)19/h5-7,10H,1-4H3,(H,22,24). The number of amides is 1. The molecule has 7 nitrogen and oxygen atoms in total. The average Bonchev–Trinajstić information content (AvgIpc) is 2.90. The van der Waals surface area contributed by atoms with Crippen molar-refractivity contribution in [3.63, 3.8) is 0 Å². The van der Waals surface area contributed by atoms with E-state index < -0.39 is 10.2 Å². The number of halogens is 1. The van der Waals surface area contributed by atoms with Crippen LogP contribution in [-0.4, -0.2) is 26.0 Å². The molecule has 0 spiro atoms. The number of thiophene rings is 1. The van der Waals surface area contributed by atoms with Crippen LogP contribution in [0.25, 0.3) is 10.2 Å². The zero-order valence-corrected chi connectivity index (χ0v) is 18.0. The van der Waals surface area contributed by atoms with E-state index in [2.05, 4.69) is 15.3 Å². The second kappa shape index (κ2) is 8.02. The van der Waals surface area contributed by atoms with E-state index in [1.165, 1.54) is 34.8 Å². The van der Waals surface area contributed by atoms with Gasteiger partial charge in [0.05, 0.1) is 20.9 Å².